The molecule has 1 aliphatic heterocycles. The minimum Gasteiger partial charge on any atom is -0.490 e. The minimum absolute atomic E-state index is 0.0169. The third kappa shape index (κ3) is 8.35. The second-order valence-corrected chi connectivity index (χ2v) is 16.9. The summed E-state index contributed by atoms with van der Waals surface area (Å²) in [5.41, 5.74) is 2.36. The third-order valence-electron chi connectivity index (χ3n) is 10.7. The molecule has 0 aromatic heterocycles. The second-order valence-electron chi connectivity index (χ2n) is 14.2. The normalized spacial score (nSPS) is 23.9. The van der Waals surface area contributed by atoms with Gasteiger partial charge in [0.05, 0.1) is 17.5 Å². The van der Waals surface area contributed by atoms with Gasteiger partial charge in [-0.05, 0) is 98.7 Å². The first-order valence-corrected chi connectivity index (χ1v) is 19.4. The van der Waals surface area contributed by atoms with Crippen LogP contribution in [0, 0.1) is 17.8 Å². The van der Waals surface area contributed by atoms with E-state index in [9.17, 15) is 31.8 Å². The fourth-order valence-corrected chi connectivity index (χ4v) is 9.69. The molecule has 7 atom stereocenters. The molecule has 2 amide bonds. The molecule has 1 spiro atoms. The van der Waals surface area contributed by atoms with Gasteiger partial charge in [0.2, 0.25) is 0 Å². The number of rotatable bonds is 11. The molecule has 5 rings (SSSR count). The minimum atomic E-state index is -5.34. The van der Waals surface area contributed by atoms with E-state index in [2.05, 4.69) is 22.4 Å². The lowest BCUT2D eigenvalue weighted by Crippen LogP contribution is -2.49. The van der Waals surface area contributed by atoms with E-state index in [0.717, 1.165) is 43.2 Å². The van der Waals surface area contributed by atoms with E-state index in [1.807, 2.05) is 18.2 Å². The molecule has 0 bridgehead atoms. The first-order chi connectivity index (χ1) is 24.5. The largest absolute Gasteiger partial charge is 0.490 e. The van der Waals surface area contributed by atoms with Gasteiger partial charge in [-0.2, -0.15) is 13.2 Å². The Balaban J connectivity index is 1.57. The SMILES string of the molecule is C=CC[C@H](C)[C@@H](C)S(=O)(=NC(=O)c1ccc2c(c1)N(C[C@@H]1CC[C@H]1[C@H](C=C)OC(C)=O)C[C@@]1(CCCc3cc(Cl)ccc31)CO2)NC(=O)C(F)(F)F. The average molecular weight is 764 g/mol. The van der Waals surface area contributed by atoms with E-state index in [-0.39, 0.29) is 23.8 Å². The molecule has 52 heavy (non-hydrogen) atoms. The number of hydrogen-bond donors (Lipinski definition) is 1. The molecule has 9 nitrogen and oxygen atoms in total. The van der Waals surface area contributed by atoms with Crippen molar-refractivity contribution < 1.29 is 41.2 Å². The molecule has 0 saturated heterocycles. The molecule has 1 saturated carbocycles. The van der Waals surface area contributed by atoms with Crippen LogP contribution in [0.4, 0.5) is 18.9 Å². The molecular formula is C38H45ClF3N3O6S. The van der Waals surface area contributed by atoms with Crippen molar-refractivity contribution >= 4 is 45.0 Å². The number of esters is 1. The molecule has 2 aromatic rings. The number of fused-ring (bicyclic) bond motifs is 3. The summed E-state index contributed by atoms with van der Waals surface area (Å²) in [7, 11) is -4.26. The smallest absolute Gasteiger partial charge is 0.472 e. The summed E-state index contributed by atoms with van der Waals surface area (Å²) in [6.07, 6.45) is 1.89. The van der Waals surface area contributed by atoms with Gasteiger partial charge in [0.25, 0.3) is 5.91 Å². The Kier molecular flexibility index (Phi) is 11.8. The Morgan fingerprint density at radius 1 is 1.19 bits per heavy atom. The Bertz CT molecular complexity index is 1860. The molecular weight excluding hydrogens is 719 g/mol. The van der Waals surface area contributed by atoms with Crippen molar-refractivity contribution in [3.63, 3.8) is 0 Å². The Labute approximate surface area is 308 Å². The highest BCUT2D eigenvalue weighted by molar-refractivity contribution is 7.93. The number of carbonyl (C=O) groups is 3. The van der Waals surface area contributed by atoms with E-state index in [4.69, 9.17) is 21.1 Å². The first-order valence-electron chi connectivity index (χ1n) is 17.4. The molecule has 1 fully saturated rings. The standard InChI is InChI=1S/C38H45ClF3N3O6S/c1-6-9-23(3)24(4)52(49,44-36(48)38(40,41)42)43-35(47)27-12-16-34-32(19-27)45(20-28-11-14-30(28)33(7-2)51-25(5)46)21-37(22-50-34)17-8-10-26-18-29(39)13-15-31(26)37/h6-7,12-13,15-16,18-19,23-24,28,30,33H,1-2,8-11,14,17,20-22H2,3-5H3,(H,43,44,47,48,49)/t23-,24+,28-,30+,33-,37-,52?/m0/s1. The van der Waals surface area contributed by atoms with Crippen LogP contribution in [-0.2, 0) is 36.1 Å². The maximum Gasteiger partial charge on any atom is 0.472 e. The lowest BCUT2D eigenvalue weighted by Gasteiger charge is -2.45. The van der Waals surface area contributed by atoms with Crippen molar-refractivity contribution in [2.75, 3.05) is 24.6 Å². The predicted octanol–water partition coefficient (Wildman–Crippen LogP) is 7.76. The number of carbonyl (C=O) groups excluding carboxylic acids is 3. The topological polar surface area (TPSA) is 114 Å². The van der Waals surface area contributed by atoms with Gasteiger partial charge in [-0.25, -0.2) is 4.21 Å². The van der Waals surface area contributed by atoms with Crippen molar-refractivity contribution in [3.8, 4) is 5.75 Å². The van der Waals surface area contributed by atoms with Crippen molar-refractivity contribution in [3.05, 3.63) is 83.4 Å². The fourth-order valence-electron chi connectivity index (χ4n) is 7.62. The van der Waals surface area contributed by atoms with E-state index in [0.29, 0.717) is 36.2 Å². The van der Waals surface area contributed by atoms with E-state index in [1.165, 1.54) is 30.7 Å². The molecule has 282 valence electrons. The number of aryl methyl sites for hydroxylation is 1. The number of benzene rings is 2. The number of anilines is 1. The molecule has 2 aromatic carbocycles. The van der Waals surface area contributed by atoms with Gasteiger partial charge in [-0.15, -0.1) is 10.9 Å². The predicted molar refractivity (Wildman–Crippen MR) is 195 cm³/mol. The Morgan fingerprint density at radius 2 is 1.94 bits per heavy atom. The number of alkyl halides is 3. The number of nitrogens with zero attached hydrogens (tertiary/aromatic N) is 2. The van der Waals surface area contributed by atoms with Crippen LogP contribution >= 0.6 is 11.6 Å². The van der Waals surface area contributed by atoms with Crippen LogP contribution in [0.5, 0.6) is 5.75 Å². The Morgan fingerprint density at radius 3 is 2.58 bits per heavy atom. The zero-order valence-corrected chi connectivity index (χ0v) is 31.1. The van der Waals surface area contributed by atoms with Crippen LogP contribution in [0.2, 0.25) is 5.02 Å². The summed E-state index contributed by atoms with van der Waals surface area (Å²) in [5, 5.41) is -0.487. The van der Waals surface area contributed by atoms with Crippen molar-refractivity contribution in [2.24, 2.45) is 22.1 Å². The van der Waals surface area contributed by atoms with Gasteiger partial charge in [-0.1, -0.05) is 43.3 Å². The highest BCUT2D eigenvalue weighted by Gasteiger charge is 2.45. The van der Waals surface area contributed by atoms with Crippen LogP contribution in [0.25, 0.3) is 0 Å². The van der Waals surface area contributed by atoms with Gasteiger partial charge in [0.1, 0.15) is 21.8 Å². The highest BCUT2D eigenvalue weighted by atomic mass is 35.5. The zero-order valence-electron chi connectivity index (χ0n) is 29.5. The van der Waals surface area contributed by atoms with E-state index in [1.54, 1.807) is 25.1 Å². The second kappa shape index (κ2) is 15.6. The van der Waals surface area contributed by atoms with Crippen LogP contribution in [0.3, 0.4) is 0 Å². The third-order valence-corrected chi connectivity index (χ3v) is 13.4. The highest BCUT2D eigenvalue weighted by Crippen LogP contribution is 2.47. The average Bonchev–Trinajstić information content (AvgIpc) is 3.22. The van der Waals surface area contributed by atoms with Crippen LogP contribution < -0.4 is 14.4 Å². The number of allylic oxidation sites excluding steroid dienone is 1. The fraction of sp³-hybridized carbons (Fsp3) is 0.500. The van der Waals surface area contributed by atoms with E-state index < -0.39 is 56.6 Å². The number of hydrogen-bond acceptors (Lipinski definition) is 7. The van der Waals surface area contributed by atoms with Crippen molar-refractivity contribution in [1.29, 1.82) is 0 Å². The van der Waals surface area contributed by atoms with Crippen LogP contribution in [0.1, 0.15) is 74.4 Å². The lowest BCUT2D eigenvalue weighted by atomic mass is 9.68. The molecule has 2 aliphatic carbocycles. The molecule has 3 aliphatic rings. The van der Waals surface area contributed by atoms with Gasteiger partial charge >= 0.3 is 18.1 Å². The number of amides is 2. The number of halogens is 4. The monoisotopic (exact) mass is 763 g/mol. The summed E-state index contributed by atoms with van der Waals surface area (Å²) < 4.78 is 71.5. The molecule has 1 unspecified atom stereocenters. The summed E-state index contributed by atoms with van der Waals surface area (Å²) >= 11 is 6.39. The van der Waals surface area contributed by atoms with Crippen molar-refractivity contribution in [2.45, 2.75) is 82.2 Å². The zero-order chi connectivity index (χ0) is 38.0. The lowest BCUT2D eigenvalue weighted by molar-refractivity contribution is -0.171. The first kappa shape index (κ1) is 39.4. The van der Waals surface area contributed by atoms with Crippen LogP contribution in [-0.4, -0.2) is 59.2 Å². The van der Waals surface area contributed by atoms with Crippen LogP contribution in [0.15, 0.2) is 66.1 Å². The van der Waals surface area contributed by atoms with E-state index >= 15 is 0 Å². The van der Waals surface area contributed by atoms with Gasteiger partial charge in [0.15, 0.2) is 0 Å². The van der Waals surface area contributed by atoms with Gasteiger partial charge in [-0.3, -0.25) is 19.1 Å². The maximum atomic E-state index is 14.0. The summed E-state index contributed by atoms with van der Waals surface area (Å²) in [4.78, 5) is 39.9. The van der Waals surface area contributed by atoms with Gasteiger partial charge in [0, 0.05) is 41.9 Å². The molecule has 14 heteroatoms. The molecule has 1 heterocycles. The van der Waals surface area contributed by atoms with Gasteiger partial charge < -0.3 is 14.4 Å². The number of ether oxygens (including phenoxy) is 2. The summed E-state index contributed by atoms with van der Waals surface area (Å²) in [5.74, 6) is -3.83. The summed E-state index contributed by atoms with van der Waals surface area (Å²) in [6, 6.07) is 10.5. The Hall–Kier alpha value is -3.84. The summed E-state index contributed by atoms with van der Waals surface area (Å²) in [6.45, 7) is 13.3. The van der Waals surface area contributed by atoms with Crippen molar-refractivity contribution in [1.82, 2.24) is 4.72 Å². The maximum absolute atomic E-state index is 14.0. The molecule has 0 radical (unpaired) electrons. The quantitative estimate of drug-likeness (QED) is 0.184. The molecule has 1 N–H and O–H groups in total. The number of nitrogens with one attached hydrogen (secondary N) is 1.